The lowest BCUT2D eigenvalue weighted by atomic mass is 10.2. The molecule has 0 fully saturated rings. The van der Waals surface area contributed by atoms with Crippen LogP contribution in [0.1, 0.15) is 19.4 Å². The van der Waals surface area contributed by atoms with E-state index in [-0.39, 0.29) is 17.6 Å². The number of carbonyl (C=O) groups is 1. The van der Waals surface area contributed by atoms with E-state index in [0.29, 0.717) is 24.7 Å². The van der Waals surface area contributed by atoms with E-state index in [1.807, 2.05) is 13.8 Å². The summed E-state index contributed by atoms with van der Waals surface area (Å²) in [5.41, 5.74) is 0.994. The van der Waals surface area contributed by atoms with Crippen molar-refractivity contribution >= 4 is 17.5 Å². The molecule has 0 aliphatic carbocycles. The summed E-state index contributed by atoms with van der Waals surface area (Å²) in [4.78, 5) is 11.3. The highest BCUT2D eigenvalue weighted by molar-refractivity contribution is 6.32. The maximum atomic E-state index is 11.3. The zero-order chi connectivity index (χ0) is 13.5. The van der Waals surface area contributed by atoms with Gasteiger partial charge in [0.2, 0.25) is 5.91 Å². The van der Waals surface area contributed by atoms with Crippen LogP contribution in [-0.4, -0.2) is 24.1 Å². The summed E-state index contributed by atoms with van der Waals surface area (Å²) in [5.74, 6) is 0.162. The molecule has 5 heteroatoms. The third-order valence-electron chi connectivity index (χ3n) is 2.47. The molecule has 4 nitrogen and oxygen atoms in total. The van der Waals surface area contributed by atoms with Crippen LogP contribution in [0.25, 0.3) is 0 Å². The molecule has 0 saturated carbocycles. The third kappa shape index (κ3) is 4.94. The van der Waals surface area contributed by atoms with Crippen molar-refractivity contribution < 1.29 is 9.90 Å². The van der Waals surface area contributed by atoms with Crippen molar-refractivity contribution in [2.45, 2.75) is 20.4 Å². The summed E-state index contributed by atoms with van der Waals surface area (Å²) in [6, 6.07) is 5.09. The van der Waals surface area contributed by atoms with Crippen molar-refractivity contribution in [3.8, 4) is 5.75 Å². The predicted octanol–water partition coefficient (Wildman–Crippen LogP) is 1.91. The van der Waals surface area contributed by atoms with Crippen LogP contribution < -0.4 is 10.6 Å². The Morgan fingerprint density at radius 2 is 2.11 bits per heavy atom. The van der Waals surface area contributed by atoms with E-state index in [1.54, 1.807) is 18.2 Å². The van der Waals surface area contributed by atoms with Gasteiger partial charge in [-0.15, -0.1) is 0 Å². The number of amides is 1. The fraction of sp³-hybridized carbons (Fsp3) is 0.462. The quantitative estimate of drug-likeness (QED) is 0.692. The molecule has 18 heavy (non-hydrogen) atoms. The normalized spacial score (nSPS) is 10.7. The van der Waals surface area contributed by atoms with Gasteiger partial charge in [-0.25, -0.2) is 0 Å². The van der Waals surface area contributed by atoms with Crippen LogP contribution in [0.4, 0.5) is 0 Å². The Labute approximate surface area is 112 Å². The molecule has 100 valence electrons. The number of hydrogen-bond acceptors (Lipinski definition) is 3. The number of phenolic OH excluding ortho intramolecular Hbond substituents is 1. The first-order chi connectivity index (χ1) is 8.50. The van der Waals surface area contributed by atoms with Gasteiger partial charge < -0.3 is 15.7 Å². The van der Waals surface area contributed by atoms with Crippen LogP contribution in [0, 0.1) is 5.92 Å². The number of aromatic hydroxyl groups is 1. The lowest BCUT2D eigenvalue weighted by Crippen LogP contribution is -2.34. The molecule has 0 saturated heterocycles. The van der Waals surface area contributed by atoms with Gasteiger partial charge in [0.15, 0.2) is 0 Å². The maximum Gasteiger partial charge on any atom is 0.222 e. The van der Waals surface area contributed by atoms with Crippen molar-refractivity contribution in [3.63, 3.8) is 0 Å². The Morgan fingerprint density at radius 3 is 2.72 bits per heavy atom. The molecule has 1 aromatic rings. The standard InChI is InChI=1S/C13H19ClN2O2/c1-9(2)13(18)16-6-5-15-8-10-3-4-12(17)11(14)7-10/h3-4,7,9,15,17H,5-6,8H2,1-2H3,(H,16,18). The SMILES string of the molecule is CC(C)C(=O)NCCNCc1ccc(O)c(Cl)c1. The van der Waals surface area contributed by atoms with E-state index in [0.717, 1.165) is 5.56 Å². The number of benzene rings is 1. The first-order valence-corrected chi connectivity index (χ1v) is 6.34. The van der Waals surface area contributed by atoms with Crippen molar-refractivity contribution in [2.75, 3.05) is 13.1 Å². The molecule has 0 aliphatic rings. The fourth-order valence-electron chi connectivity index (χ4n) is 1.37. The topological polar surface area (TPSA) is 61.4 Å². The van der Waals surface area contributed by atoms with Gasteiger partial charge in [-0.05, 0) is 17.7 Å². The monoisotopic (exact) mass is 270 g/mol. The molecular weight excluding hydrogens is 252 g/mol. The molecule has 0 aliphatic heterocycles. The largest absolute Gasteiger partial charge is 0.506 e. The third-order valence-corrected chi connectivity index (χ3v) is 2.77. The highest BCUT2D eigenvalue weighted by Gasteiger charge is 2.04. The van der Waals surface area contributed by atoms with Gasteiger partial charge in [0.05, 0.1) is 5.02 Å². The molecule has 0 spiro atoms. The number of nitrogens with one attached hydrogen (secondary N) is 2. The number of halogens is 1. The second-order valence-corrected chi connectivity index (χ2v) is 4.82. The van der Waals surface area contributed by atoms with Crippen molar-refractivity contribution in [3.05, 3.63) is 28.8 Å². The average Bonchev–Trinajstić information content (AvgIpc) is 2.32. The zero-order valence-electron chi connectivity index (χ0n) is 10.7. The first-order valence-electron chi connectivity index (χ1n) is 5.96. The summed E-state index contributed by atoms with van der Waals surface area (Å²) >= 11 is 5.80. The van der Waals surface area contributed by atoms with Crippen LogP contribution in [0.2, 0.25) is 5.02 Å². The van der Waals surface area contributed by atoms with Crippen molar-refractivity contribution in [1.82, 2.24) is 10.6 Å². The Bertz CT molecular complexity index is 408. The molecule has 0 heterocycles. The smallest absolute Gasteiger partial charge is 0.222 e. The van der Waals surface area contributed by atoms with E-state index < -0.39 is 0 Å². The molecule has 0 unspecified atom stereocenters. The molecule has 0 aromatic heterocycles. The van der Waals surface area contributed by atoms with Gasteiger partial charge >= 0.3 is 0 Å². The second-order valence-electron chi connectivity index (χ2n) is 4.41. The van der Waals surface area contributed by atoms with E-state index in [2.05, 4.69) is 10.6 Å². The number of hydrogen-bond donors (Lipinski definition) is 3. The predicted molar refractivity (Wildman–Crippen MR) is 72.7 cm³/mol. The number of phenols is 1. The van der Waals surface area contributed by atoms with Crippen LogP contribution >= 0.6 is 11.6 Å². The lowest BCUT2D eigenvalue weighted by molar-refractivity contribution is -0.123. The van der Waals surface area contributed by atoms with E-state index in [9.17, 15) is 9.90 Å². The molecule has 1 rings (SSSR count). The molecule has 1 aromatic carbocycles. The maximum absolute atomic E-state index is 11.3. The highest BCUT2D eigenvalue weighted by atomic mass is 35.5. The molecule has 3 N–H and O–H groups in total. The van der Waals surface area contributed by atoms with Gasteiger partial charge in [0, 0.05) is 25.6 Å². The molecule has 0 bridgehead atoms. The Kier molecular flexibility index (Phi) is 5.95. The van der Waals surface area contributed by atoms with Crippen LogP contribution in [0.3, 0.4) is 0 Å². The van der Waals surface area contributed by atoms with Crippen molar-refractivity contribution in [2.24, 2.45) is 5.92 Å². The van der Waals surface area contributed by atoms with E-state index in [4.69, 9.17) is 11.6 Å². The summed E-state index contributed by atoms with van der Waals surface area (Å²) in [6.07, 6.45) is 0. The minimum absolute atomic E-state index is 0.0147. The minimum Gasteiger partial charge on any atom is -0.506 e. The zero-order valence-corrected chi connectivity index (χ0v) is 11.4. The van der Waals surface area contributed by atoms with Crippen LogP contribution in [0.15, 0.2) is 18.2 Å². The van der Waals surface area contributed by atoms with E-state index >= 15 is 0 Å². The highest BCUT2D eigenvalue weighted by Crippen LogP contribution is 2.23. The van der Waals surface area contributed by atoms with Gasteiger partial charge in [0.1, 0.15) is 5.75 Å². The van der Waals surface area contributed by atoms with Crippen LogP contribution in [-0.2, 0) is 11.3 Å². The first kappa shape index (κ1) is 14.8. The summed E-state index contributed by atoms with van der Waals surface area (Å²) in [7, 11) is 0. The number of rotatable bonds is 6. The Balaban J connectivity index is 2.22. The summed E-state index contributed by atoms with van der Waals surface area (Å²) in [5, 5.41) is 15.6. The number of carbonyl (C=O) groups excluding carboxylic acids is 1. The fourth-order valence-corrected chi connectivity index (χ4v) is 1.57. The molecule has 0 radical (unpaired) electrons. The van der Waals surface area contributed by atoms with Gasteiger partial charge in [-0.2, -0.15) is 0 Å². The lowest BCUT2D eigenvalue weighted by Gasteiger charge is -2.09. The summed E-state index contributed by atoms with van der Waals surface area (Å²) < 4.78 is 0. The second kappa shape index (κ2) is 7.24. The van der Waals surface area contributed by atoms with Crippen LogP contribution in [0.5, 0.6) is 5.75 Å². The van der Waals surface area contributed by atoms with Crippen molar-refractivity contribution in [1.29, 1.82) is 0 Å². The van der Waals surface area contributed by atoms with E-state index in [1.165, 1.54) is 0 Å². The molecular formula is C13H19ClN2O2. The Morgan fingerprint density at radius 1 is 1.39 bits per heavy atom. The molecule has 0 atom stereocenters. The van der Waals surface area contributed by atoms with Gasteiger partial charge in [-0.3, -0.25) is 4.79 Å². The van der Waals surface area contributed by atoms with Gasteiger partial charge in [-0.1, -0.05) is 31.5 Å². The minimum atomic E-state index is 0.0147. The summed E-state index contributed by atoms with van der Waals surface area (Å²) in [6.45, 7) is 5.67. The Hall–Kier alpha value is -1.26. The molecule has 1 amide bonds. The van der Waals surface area contributed by atoms with Gasteiger partial charge in [0.25, 0.3) is 0 Å². The average molecular weight is 271 g/mol.